The quantitative estimate of drug-likeness (QED) is 0.701. The van der Waals surface area contributed by atoms with E-state index in [4.69, 9.17) is 4.74 Å². The second kappa shape index (κ2) is 6.38. The third-order valence-corrected chi connectivity index (χ3v) is 2.93. The lowest BCUT2D eigenvalue weighted by Gasteiger charge is -2.27. The third-order valence-electron chi connectivity index (χ3n) is 2.93. The van der Waals surface area contributed by atoms with E-state index in [1.165, 1.54) is 12.8 Å². The Balaban J connectivity index is 2.10. The van der Waals surface area contributed by atoms with E-state index in [1.54, 1.807) is 7.11 Å². The maximum absolute atomic E-state index is 9.50. The molecule has 0 bridgehead atoms. The van der Waals surface area contributed by atoms with E-state index in [0.717, 1.165) is 26.0 Å². The molecule has 0 aromatic carbocycles. The van der Waals surface area contributed by atoms with Gasteiger partial charge in [0.15, 0.2) is 0 Å². The minimum absolute atomic E-state index is 0.0618. The molecular weight excluding hydrogens is 178 g/mol. The first-order valence-corrected chi connectivity index (χ1v) is 5.62. The first-order chi connectivity index (χ1) is 6.72. The summed E-state index contributed by atoms with van der Waals surface area (Å²) in [6, 6.07) is 0.416. The van der Waals surface area contributed by atoms with Gasteiger partial charge in [-0.05, 0) is 38.6 Å². The van der Waals surface area contributed by atoms with Crippen LogP contribution in [-0.4, -0.2) is 37.5 Å². The lowest BCUT2D eigenvalue weighted by molar-refractivity contribution is 0.0973. The lowest BCUT2D eigenvalue weighted by atomic mass is 9.87. The number of hydrogen-bond acceptors (Lipinski definition) is 3. The summed E-state index contributed by atoms with van der Waals surface area (Å²) in [6.45, 7) is 3.90. The van der Waals surface area contributed by atoms with Crippen molar-refractivity contribution in [2.24, 2.45) is 5.92 Å². The van der Waals surface area contributed by atoms with Crippen molar-refractivity contribution in [3.8, 4) is 0 Å². The molecule has 0 aliphatic heterocycles. The van der Waals surface area contributed by atoms with Gasteiger partial charge in [0.2, 0.25) is 0 Å². The fourth-order valence-electron chi connectivity index (χ4n) is 2.12. The van der Waals surface area contributed by atoms with Crippen LogP contribution in [-0.2, 0) is 4.74 Å². The maximum atomic E-state index is 9.50. The molecule has 3 atom stereocenters. The van der Waals surface area contributed by atoms with Crippen molar-refractivity contribution in [1.82, 2.24) is 5.32 Å². The number of hydrogen-bond donors (Lipinski definition) is 2. The van der Waals surface area contributed by atoms with Crippen molar-refractivity contribution in [1.29, 1.82) is 0 Å². The predicted molar refractivity (Wildman–Crippen MR) is 57.3 cm³/mol. The Bertz CT molecular complexity index is 152. The van der Waals surface area contributed by atoms with Crippen molar-refractivity contribution in [3.05, 3.63) is 0 Å². The van der Waals surface area contributed by atoms with E-state index in [0.29, 0.717) is 12.0 Å². The van der Waals surface area contributed by atoms with E-state index < -0.39 is 0 Å². The van der Waals surface area contributed by atoms with E-state index in [2.05, 4.69) is 12.2 Å². The summed E-state index contributed by atoms with van der Waals surface area (Å²) in [5.74, 6) is 0.651. The summed E-state index contributed by atoms with van der Waals surface area (Å²) in [5.41, 5.74) is 0. The number of ether oxygens (including phenoxy) is 1. The Morgan fingerprint density at radius 1 is 1.50 bits per heavy atom. The fraction of sp³-hybridized carbons (Fsp3) is 1.00. The highest BCUT2D eigenvalue weighted by atomic mass is 16.5. The smallest absolute Gasteiger partial charge is 0.0613 e. The van der Waals surface area contributed by atoms with Gasteiger partial charge in [-0.1, -0.05) is 6.42 Å². The molecule has 84 valence electrons. The second-order valence-corrected chi connectivity index (χ2v) is 4.45. The van der Waals surface area contributed by atoms with Gasteiger partial charge in [0.05, 0.1) is 12.7 Å². The molecule has 0 aromatic rings. The molecule has 1 aliphatic rings. The number of nitrogens with one attached hydrogen (secondary N) is 1. The Kier molecular flexibility index (Phi) is 5.45. The van der Waals surface area contributed by atoms with Gasteiger partial charge in [0.25, 0.3) is 0 Å². The largest absolute Gasteiger partial charge is 0.393 e. The molecule has 2 N–H and O–H groups in total. The van der Waals surface area contributed by atoms with Crippen LogP contribution in [0, 0.1) is 5.92 Å². The van der Waals surface area contributed by atoms with Gasteiger partial charge in [-0.25, -0.2) is 0 Å². The van der Waals surface area contributed by atoms with Crippen LogP contribution in [0.15, 0.2) is 0 Å². The molecule has 1 saturated carbocycles. The SMILES string of the molecule is COCC(C)NCC1CCCC(O)C1. The monoisotopic (exact) mass is 201 g/mol. The highest BCUT2D eigenvalue weighted by molar-refractivity contribution is 4.74. The Hall–Kier alpha value is -0.120. The molecule has 1 fully saturated rings. The van der Waals surface area contributed by atoms with Gasteiger partial charge in [-0.2, -0.15) is 0 Å². The molecule has 0 heterocycles. The van der Waals surface area contributed by atoms with Crippen molar-refractivity contribution >= 4 is 0 Å². The zero-order valence-electron chi connectivity index (χ0n) is 9.33. The van der Waals surface area contributed by atoms with Crippen LogP contribution in [0.25, 0.3) is 0 Å². The molecule has 0 radical (unpaired) electrons. The van der Waals surface area contributed by atoms with Gasteiger partial charge in [0, 0.05) is 13.2 Å². The van der Waals surface area contributed by atoms with Crippen LogP contribution in [0.3, 0.4) is 0 Å². The van der Waals surface area contributed by atoms with Crippen molar-refractivity contribution in [3.63, 3.8) is 0 Å². The highest BCUT2D eigenvalue weighted by Crippen LogP contribution is 2.23. The molecule has 1 aliphatic carbocycles. The Morgan fingerprint density at radius 2 is 2.29 bits per heavy atom. The molecule has 0 spiro atoms. The average Bonchev–Trinajstić information content (AvgIpc) is 2.15. The third kappa shape index (κ3) is 4.40. The molecule has 0 saturated heterocycles. The zero-order chi connectivity index (χ0) is 10.4. The van der Waals surface area contributed by atoms with Crippen molar-refractivity contribution in [2.45, 2.75) is 44.8 Å². The van der Waals surface area contributed by atoms with E-state index in [9.17, 15) is 5.11 Å². The minimum Gasteiger partial charge on any atom is -0.393 e. The first-order valence-electron chi connectivity index (χ1n) is 5.62. The zero-order valence-corrected chi connectivity index (χ0v) is 9.33. The van der Waals surface area contributed by atoms with E-state index in [1.807, 2.05) is 0 Å². The summed E-state index contributed by atoms with van der Waals surface area (Å²) >= 11 is 0. The van der Waals surface area contributed by atoms with Crippen LogP contribution >= 0.6 is 0 Å². The number of aliphatic hydroxyl groups excluding tert-OH is 1. The lowest BCUT2D eigenvalue weighted by Crippen LogP contribution is -2.36. The molecular formula is C11H23NO2. The molecule has 3 heteroatoms. The van der Waals surface area contributed by atoms with Crippen LogP contribution in [0.2, 0.25) is 0 Å². The average molecular weight is 201 g/mol. The molecule has 1 rings (SSSR count). The number of rotatable bonds is 5. The number of aliphatic hydroxyl groups is 1. The van der Waals surface area contributed by atoms with Crippen LogP contribution in [0.5, 0.6) is 0 Å². The van der Waals surface area contributed by atoms with Gasteiger partial charge >= 0.3 is 0 Å². The second-order valence-electron chi connectivity index (χ2n) is 4.45. The van der Waals surface area contributed by atoms with Crippen LogP contribution < -0.4 is 5.32 Å². The topological polar surface area (TPSA) is 41.5 Å². The van der Waals surface area contributed by atoms with Crippen LogP contribution in [0.1, 0.15) is 32.6 Å². The summed E-state index contributed by atoms with van der Waals surface area (Å²) in [7, 11) is 1.72. The van der Waals surface area contributed by atoms with E-state index in [-0.39, 0.29) is 6.10 Å². The summed E-state index contributed by atoms with van der Waals surface area (Å²) in [6.07, 6.45) is 4.32. The summed E-state index contributed by atoms with van der Waals surface area (Å²) in [5, 5.41) is 12.9. The molecule has 3 unspecified atom stereocenters. The molecule has 14 heavy (non-hydrogen) atoms. The van der Waals surface area contributed by atoms with E-state index >= 15 is 0 Å². The normalized spacial score (nSPS) is 30.2. The first kappa shape index (κ1) is 12.0. The minimum atomic E-state index is -0.0618. The van der Waals surface area contributed by atoms with Crippen LogP contribution in [0.4, 0.5) is 0 Å². The molecule has 0 amide bonds. The van der Waals surface area contributed by atoms with Gasteiger partial charge in [-0.3, -0.25) is 0 Å². The van der Waals surface area contributed by atoms with Crippen molar-refractivity contribution in [2.75, 3.05) is 20.3 Å². The maximum Gasteiger partial charge on any atom is 0.0613 e. The van der Waals surface area contributed by atoms with Gasteiger partial charge in [-0.15, -0.1) is 0 Å². The summed E-state index contributed by atoms with van der Waals surface area (Å²) in [4.78, 5) is 0. The Morgan fingerprint density at radius 3 is 2.93 bits per heavy atom. The fourth-order valence-corrected chi connectivity index (χ4v) is 2.12. The summed E-state index contributed by atoms with van der Waals surface area (Å²) < 4.78 is 5.05. The van der Waals surface area contributed by atoms with Gasteiger partial charge in [0.1, 0.15) is 0 Å². The standard InChI is InChI=1S/C11H23NO2/c1-9(8-14-2)12-7-10-4-3-5-11(13)6-10/h9-13H,3-8H2,1-2H3. The predicted octanol–water partition coefficient (Wildman–Crippen LogP) is 1.16. The van der Waals surface area contributed by atoms with Gasteiger partial charge < -0.3 is 15.2 Å². The molecule has 0 aromatic heterocycles. The molecule has 3 nitrogen and oxygen atoms in total. The van der Waals surface area contributed by atoms with Crippen molar-refractivity contribution < 1.29 is 9.84 Å². The number of methoxy groups -OCH3 is 1. The Labute approximate surface area is 86.8 Å². The highest BCUT2D eigenvalue weighted by Gasteiger charge is 2.20.